The maximum absolute atomic E-state index is 9.80. The summed E-state index contributed by atoms with van der Waals surface area (Å²) in [6.45, 7) is 6.56. The molecule has 1 aromatic rings. The molecule has 1 rings (SSSR count). The molecule has 1 aromatic carbocycles. The predicted molar refractivity (Wildman–Crippen MR) is 71.6 cm³/mol. The highest BCUT2D eigenvalue weighted by atomic mass is 16.5. The molecule has 0 radical (unpaired) electrons. The maximum Gasteiger partial charge on any atom is 0.144 e. The number of para-hydroxylation sites is 1. The third kappa shape index (κ3) is 3.82. The molecule has 3 N–H and O–H groups in total. The number of rotatable bonds is 5. The number of hydrogen-bond acceptors (Lipinski definition) is 4. The largest absolute Gasteiger partial charge is 0.492 e. The van der Waals surface area contributed by atoms with Crippen LogP contribution in [0.2, 0.25) is 0 Å². The summed E-state index contributed by atoms with van der Waals surface area (Å²) >= 11 is 0. The second kappa shape index (κ2) is 5.27. The zero-order chi connectivity index (χ0) is 13.1. The predicted octanol–water partition coefficient (Wildman–Crippen LogP) is 1.87. The average Bonchev–Trinajstić information content (AvgIpc) is 2.18. The second-order valence-electron chi connectivity index (χ2n) is 4.79. The summed E-state index contributed by atoms with van der Waals surface area (Å²) in [6, 6.07) is 5.67. The van der Waals surface area contributed by atoms with Gasteiger partial charge in [-0.05, 0) is 32.9 Å². The van der Waals surface area contributed by atoms with Crippen LogP contribution in [-0.2, 0) is 0 Å². The lowest BCUT2D eigenvalue weighted by Gasteiger charge is -2.28. The molecule has 0 heterocycles. The number of anilines is 2. The highest BCUT2D eigenvalue weighted by molar-refractivity contribution is 5.73. The van der Waals surface area contributed by atoms with Crippen molar-refractivity contribution in [3.8, 4) is 5.75 Å². The molecule has 0 aromatic heterocycles. The minimum atomic E-state index is -0.761. The Morgan fingerprint density at radius 1 is 1.41 bits per heavy atom. The van der Waals surface area contributed by atoms with E-state index >= 15 is 0 Å². The molecule has 0 atom stereocenters. The van der Waals surface area contributed by atoms with Gasteiger partial charge in [-0.25, -0.2) is 0 Å². The molecule has 0 saturated carbocycles. The highest BCUT2D eigenvalue weighted by Crippen LogP contribution is 2.32. The summed E-state index contributed by atoms with van der Waals surface area (Å²) in [7, 11) is 1.90. The van der Waals surface area contributed by atoms with Crippen LogP contribution in [0.1, 0.15) is 20.8 Å². The first-order chi connectivity index (χ1) is 7.85. The van der Waals surface area contributed by atoms with E-state index in [1.807, 2.05) is 37.1 Å². The van der Waals surface area contributed by atoms with E-state index in [2.05, 4.69) is 0 Å². The molecule has 4 heteroatoms. The van der Waals surface area contributed by atoms with Crippen LogP contribution in [0.15, 0.2) is 18.2 Å². The molecule has 0 bridgehead atoms. The van der Waals surface area contributed by atoms with Crippen molar-refractivity contribution in [3.63, 3.8) is 0 Å². The molecule has 96 valence electrons. The fraction of sp³-hybridized carbons (Fsp3) is 0.538. The van der Waals surface area contributed by atoms with Gasteiger partial charge in [0.1, 0.15) is 5.75 Å². The molecule has 0 fully saturated rings. The Morgan fingerprint density at radius 2 is 2.06 bits per heavy atom. The van der Waals surface area contributed by atoms with E-state index in [0.29, 0.717) is 24.6 Å². The summed E-state index contributed by atoms with van der Waals surface area (Å²) in [4.78, 5) is 1.93. The molecule has 0 aliphatic heterocycles. The number of nitrogens with zero attached hydrogens (tertiary/aromatic N) is 1. The van der Waals surface area contributed by atoms with Gasteiger partial charge in [-0.3, -0.25) is 0 Å². The van der Waals surface area contributed by atoms with Crippen molar-refractivity contribution in [2.75, 3.05) is 30.8 Å². The molecule has 0 aliphatic rings. The minimum Gasteiger partial charge on any atom is -0.492 e. The van der Waals surface area contributed by atoms with Crippen LogP contribution in [0, 0.1) is 0 Å². The van der Waals surface area contributed by atoms with Gasteiger partial charge in [0.15, 0.2) is 0 Å². The first-order valence-corrected chi connectivity index (χ1v) is 5.80. The van der Waals surface area contributed by atoms with Gasteiger partial charge < -0.3 is 20.5 Å². The smallest absolute Gasteiger partial charge is 0.144 e. The fourth-order valence-electron chi connectivity index (χ4n) is 1.81. The summed E-state index contributed by atoms with van der Waals surface area (Å²) < 4.78 is 5.44. The van der Waals surface area contributed by atoms with E-state index in [1.165, 1.54) is 0 Å². The number of aliphatic hydroxyl groups is 1. The first-order valence-electron chi connectivity index (χ1n) is 5.80. The van der Waals surface area contributed by atoms with Gasteiger partial charge in [0, 0.05) is 13.6 Å². The molecule has 0 amide bonds. The van der Waals surface area contributed by atoms with Gasteiger partial charge in [-0.1, -0.05) is 6.07 Å². The van der Waals surface area contributed by atoms with Gasteiger partial charge in [0.05, 0.1) is 23.6 Å². The van der Waals surface area contributed by atoms with Gasteiger partial charge in [-0.15, -0.1) is 0 Å². The first kappa shape index (κ1) is 13.6. The van der Waals surface area contributed by atoms with Crippen molar-refractivity contribution in [3.05, 3.63) is 18.2 Å². The summed E-state index contributed by atoms with van der Waals surface area (Å²) in [6.07, 6.45) is 0. The summed E-state index contributed by atoms with van der Waals surface area (Å²) in [5.41, 5.74) is 6.77. The Labute approximate surface area is 103 Å². The average molecular weight is 238 g/mol. The van der Waals surface area contributed by atoms with Crippen molar-refractivity contribution < 1.29 is 9.84 Å². The van der Waals surface area contributed by atoms with Gasteiger partial charge in [-0.2, -0.15) is 0 Å². The Hall–Kier alpha value is -1.42. The summed E-state index contributed by atoms with van der Waals surface area (Å²) in [5, 5.41) is 9.80. The van der Waals surface area contributed by atoms with Crippen LogP contribution in [-0.4, -0.2) is 30.9 Å². The SMILES string of the molecule is CCOc1cccc(N(C)CC(C)(C)O)c1N. The zero-order valence-electron chi connectivity index (χ0n) is 11.0. The lowest BCUT2D eigenvalue weighted by Crippen LogP contribution is -2.36. The van der Waals surface area contributed by atoms with E-state index in [1.54, 1.807) is 13.8 Å². The van der Waals surface area contributed by atoms with Crippen LogP contribution in [0.5, 0.6) is 5.75 Å². The molecule has 0 unspecified atom stereocenters. The maximum atomic E-state index is 9.80. The number of nitrogen functional groups attached to an aromatic ring is 1. The van der Waals surface area contributed by atoms with Crippen molar-refractivity contribution >= 4 is 11.4 Å². The Bertz CT molecular complexity index is 372. The van der Waals surface area contributed by atoms with Crippen LogP contribution in [0.3, 0.4) is 0 Å². The Kier molecular flexibility index (Phi) is 4.23. The van der Waals surface area contributed by atoms with E-state index in [-0.39, 0.29) is 0 Å². The molecule has 0 spiro atoms. The number of ether oxygens (including phenoxy) is 1. The van der Waals surface area contributed by atoms with Crippen LogP contribution < -0.4 is 15.4 Å². The topological polar surface area (TPSA) is 58.7 Å². The third-order valence-corrected chi connectivity index (χ3v) is 2.38. The monoisotopic (exact) mass is 238 g/mol. The standard InChI is InChI=1S/C13H22N2O2/c1-5-17-11-8-6-7-10(12(11)14)15(4)9-13(2,3)16/h6-8,16H,5,9,14H2,1-4H3. The minimum absolute atomic E-state index is 0.507. The zero-order valence-corrected chi connectivity index (χ0v) is 11.0. The second-order valence-corrected chi connectivity index (χ2v) is 4.79. The van der Waals surface area contributed by atoms with Crippen molar-refractivity contribution in [1.82, 2.24) is 0 Å². The fourth-order valence-corrected chi connectivity index (χ4v) is 1.81. The number of benzene rings is 1. The van der Waals surface area contributed by atoms with Gasteiger partial charge in [0.2, 0.25) is 0 Å². The summed E-state index contributed by atoms with van der Waals surface area (Å²) in [5.74, 6) is 0.688. The number of nitrogens with two attached hydrogens (primary N) is 1. The molecule has 4 nitrogen and oxygen atoms in total. The van der Waals surface area contributed by atoms with Gasteiger partial charge in [0.25, 0.3) is 0 Å². The van der Waals surface area contributed by atoms with Gasteiger partial charge >= 0.3 is 0 Å². The van der Waals surface area contributed by atoms with Crippen LogP contribution >= 0.6 is 0 Å². The van der Waals surface area contributed by atoms with E-state index in [4.69, 9.17) is 10.5 Å². The normalized spacial score (nSPS) is 11.4. The van der Waals surface area contributed by atoms with Crippen LogP contribution in [0.25, 0.3) is 0 Å². The van der Waals surface area contributed by atoms with E-state index < -0.39 is 5.60 Å². The van der Waals surface area contributed by atoms with E-state index in [0.717, 1.165) is 5.69 Å². The number of likely N-dealkylation sites (N-methyl/N-ethyl adjacent to an activating group) is 1. The van der Waals surface area contributed by atoms with Crippen molar-refractivity contribution in [1.29, 1.82) is 0 Å². The molecule has 0 aliphatic carbocycles. The van der Waals surface area contributed by atoms with Crippen molar-refractivity contribution in [2.24, 2.45) is 0 Å². The number of hydrogen-bond donors (Lipinski definition) is 2. The molecule has 0 saturated heterocycles. The lowest BCUT2D eigenvalue weighted by molar-refractivity contribution is 0.0886. The lowest BCUT2D eigenvalue weighted by atomic mass is 10.1. The quantitative estimate of drug-likeness (QED) is 0.769. The van der Waals surface area contributed by atoms with Crippen molar-refractivity contribution in [2.45, 2.75) is 26.4 Å². The Morgan fingerprint density at radius 3 is 2.59 bits per heavy atom. The third-order valence-electron chi connectivity index (χ3n) is 2.38. The van der Waals surface area contributed by atoms with E-state index in [9.17, 15) is 5.11 Å². The Balaban J connectivity index is 2.94. The van der Waals surface area contributed by atoms with Crippen LogP contribution in [0.4, 0.5) is 11.4 Å². The molecular formula is C13H22N2O2. The molecule has 17 heavy (non-hydrogen) atoms. The highest BCUT2D eigenvalue weighted by Gasteiger charge is 2.18. The molecular weight excluding hydrogens is 216 g/mol.